The molecule has 0 aromatic carbocycles. The predicted molar refractivity (Wildman–Crippen MR) is 66.6 cm³/mol. The van der Waals surface area contributed by atoms with Gasteiger partial charge >= 0.3 is 23.5 Å². The lowest BCUT2D eigenvalue weighted by atomic mass is 9.92. The first-order valence-electron chi connectivity index (χ1n) is 5.71. The van der Waals surface area contributed by atoms with Gasteiger partial charge in [-0.2, -0.15) is 0 Å². The zero-order valence-corrected chi connectivity index (χ0v) is 11.8. The topological polar surface area (TPSA) is 199 Å². The molecule has 0 aromatic heterocycles. The molecule has 0 radical (unpaired) electrons. The molecule has 0 fully saturated rings. The van der Waals surface area contributed by atoms with Crippen LogP contribution in [0.1, 0.15) is 13.8 Å². The number of aliphatic hydroxyl groups is 4. The molecule has 0 aromatic rings. The second-order valence-corrected chi connectivity index (χ2v) is 3.95. The van der Waals surface area contributed by atoms with Crippen molar-refractivity contribution in [3.63, 3.8) is 0 Å². The Kier molecular flexibility index (Phi) is 9.87. The van der Waals surface area contributed by atoms with Crippen molar-refractivity contribution >= 4 is 23.7 Å². The maximum Gasteiger partial charge on any atom is 0.359 e. The van der Waals surface area contributed by atoms with Gasteiger partial charge in [-0.15, -0.1) is 0 Å². The zero-order chi connectivity index (χ0) is 18.1. The third-order valence-electron chi connectivity index (χ3n) is 2.19. The van der Waals surface area contributed by atoms with Crippen molar-refractivity contribution < 1.29 is 54.6 Å². The van der Waals surface area contributed by atoms with Gasteiger partial charge in [-0.05, 0) is 6.92 Å². The van der Waals surface area contributed by atoms with E-state index in [9.17, 15) is 19.2 Å². The van der Waals surface area contributed by atoms with E-state index in [0.717, 1.165) is 6.92 Å². The number of hydrogen-bond donors (Lipinski definition) is 6. The molecule has 11 nitrogen and oxygen atoms in total. The van der Waals surface area contributed by atoms with Crippen molar-refractivity contribution in [1.82, 2.24) is 0 Å². The Balaban J connectivity index is 0. The lowest BCUT2D eigenvalue weighted by Crippen LogP contribution is -2.60. The number of aliphatic carboxylic acids is 2. The Morgan fingerprint density at radius 1 is 1.00 bits per heavy atom. The summed E-state index contributed by atoms with van der Waals surface area (Å²) in [5.41, 5.74) is -3.11. The molecular weight excluding hydrogens is 308 g/mol. The number of carbonyl (C=O) groups is 4. The van der Waals surface area contributed by atoms with Crippen molar-refractivity contribution in [3.05, 3.63) is 0 Å². The molecule has 0 bridgehead atoms. The van der Waals surface area contributed by atoms with Gasteiger partial charge in [0.05, 0.1) is 13.2 Å². The molecular formula is C11H18O11. The van der Waals surface area contributed by atoms with Crippen molar-refractivity contribution in [3.8, 4) is 0 Å². The van der Waals surface area contributed by atoms with Gasteiger partial charge in [0.15, 0.2) is 5.78 Å². The molecule has 0 heterocycles. The van der Waals surface area contributed by atoms with Gasteiger partial charge in [0.2, 0.25) is 6.10 Å². The molecule has 0 saturated heterocycles. The smallest absolute Gasteiger partial charge is 0.359 e. The van der Waals surface area contributed by atoms with E-state index in [4.69, 9.17) is 30.6 Å². The summed E-state index contributed by atoms with van der Waals surface area (Å²) in [4.78, 5) is 43.1. The van der Waals surface area contributed by atoms with Crippen LogP contribution in [0.15, 0.2) is 0 Å². The fourth-order valence-electron chi connectivity index (χ4n) is 1.09. The van der Waals surface area contributed by atoms with Gasteiger partial charge in [-0.25, -0.2) is 9.59 Å². The van der Waals surface area contributed by atoms with Crippen LogP contribution in [-0.2, 0) is 23.9 Å². The highest BCUT2D eigenvalue weighted by molar-refractivity contribution is 6.10. The largest absolute Gasteiger partial charge is 0.479 e. The van der Waals surface area contributed by atoms with E-state index < -0.39 is 41.5 Å². The number of esters is 1. The summed E-state index contributed by atoms with van der Waals surface area (Å²) in [6.45, 7) is 0.755. The summed E-state index contributed by atoms with van der Waals surface area (Å²) < 4.78 is 4.17. The molecule has 6 N–H and O–H groups in total. The molecule has 128 valence electrons. The number of hydrogen-bond acceptors (Lipinski definition) is 9. The molecule has 0 aliphatic heterocycles. The first-order chi connectivity index (χ1) is 9.97. The van der Waals surface area contributed by atoms with E-state index in [0.29, 0.717) is 6.92 Å². The lowest BCUT2D eigenvalue weighted by molar-refractivity contribution is -0.198. The van der Waals surface area contributed by atoms with Crippen LogP contribution in [0.3, 0.4) is 0 Å². The summed E-state index contributed by atoms with van der Waals surface area (Å²) in [6.07, 6.45) is -3.63. The summed E-state index contributed by atoms with van der Waals surface area (Å²) in [7, 11) is 0. The maximum atomic E-state index is 11.1. The molecule has 0 rings (SSSR count). The Morgan fingerprint density at radius 3 is 1.55 bits per heavy atom. The van der Waals surface area contributed by atoms with Crippen LogP contribution in [0.25, 0.3) is 0 Å². The van der Waals surface area contributed by atoms with E-state index >= 15 is 0 Å². The van der Waals surface area contributed by atoms with Crippen LogP contribution in [0, 0.1) is 0 Å². The molecule has 22 heavy (non-hydrogen) atoms. The fraction of sp³-hybridized carbons (Fsp3) is 0.636. The normalized spacial score (nSPS) is 14.1. The molecule has 0 amide bonds. The van der Waals surface area contributed by atoms with Crippen LogP contribution in [0.4, 0.5) is 0 Å². The molecule has 0 aliphatic rings. The monoisotopic (exact) mass is 326 g/mol. The molecule has 0 aliphatic carbocycles. The number of aliphatic hydroxyl groups excluding tert-OH is 4. The van der Waals surface area contributed by atoms with E-state index in [1.165, 1.54) is 0 Å². The SMILES string of the molecule is CC(=O)OC(C(C)=O)(C(=O)O)C(O)C(=O)O.OCC(O)CO. The molecule has 0 spiro atoms. The van der Waals surface area contributed by atoms with Crippen molar-refractivity contribution in [2.45, 2.75) is 31.7 Å². The van der Waals surface area contributed by atoms with Gasteiger partial charge in [-0.1, -0.05) is 0 Å². The molecule has 0 saturated carbocycles. The summed E-state index contributed by atoms with van der Waals surface area (Å²) in [5, 5.41) is 50.4. The standard InChI is InChI=1S/C8H10O8.C3H8O3/c1-3(9)8(7(14)15,16-4(2)10)5(11)6(12)13;4-1-3(6)2-5/h5,11H,1-2H3,(H,12,13)(H,14,15);3-6H,1-2H2. The summed E-state index contributed by atoms with van der Waals surface area (Å²) in [6, 6.07) is 0. The minimum atomic E-state index is -3.11. The van der Waals surface area contributed by atoms with Crippen molar-refractivity contribution in [2.24, 2.45) is 0 Å². The Labute approximate surface area is 124 Å². The van der Waals surface area contributed by atoms with Crippen LogP contribution in [-0.4, -0.2) is 85.4 Å². The van der Waals surface area contributed by atoms with Gasteiger partial charge in [0.25, 0.3) is 0 Å². The predicted octanol–water partition coefficient (Wildman–Crippen LogP) is -3.26. The number of ketones is 1. The average molecular weight is 326 g/mol. The highest BCUT2D eigenvalue weighted by Crippen LogP contribution is 2.19. The van der Waals surface area contributed by atoms with Crippen LogP contribution >= 0.6 is 0 Å². The number of Topliss-reactive ketones (excluding diaryl/α,β-unsaturated/α-hetero) is 1. The van der Waals surface area contributed by atoms with Gasteiger partial charge < -0.3 is 35.4 Å². The van der Waals surface area contributed by atoms with Gasteiger partial charge in [0.1, 0.15) is 6.10 Å². The first-order valence-corrected chi connectivity index (χ1v) is 5.71. The van der Waals surface area contributed by atoms with Gasteiger partial charge in [0, 0.05) is 6.92 Å². The third-order valence-corrected chi connectivity index (χ3v) is 2.19. The van der Waals surface area contributed by atoms with Crippen LogP contribution < -0.4 is 0 Å². The first kappa shape index (κ1) is 22.2. The Morgan fingerprint density at radius 2 is 1.41 bits per heavy atom. The van der Waals surface area contributed by atoms with Gasteiger partial charge in [-0.3, -0.25) is 9.59 Å². The Bertz CT molecular complexity index is 398. The molecule has 2 unspecified atom stereocenters. The van der Waals surface area contributed by atoms with Crippen LogP contribution in [0.5, 0.6) is 0 Å². The second-order valence-electron chi connectivity index (χ2n) is 3.95. The number of ether oxygens (including phenoxy) is 1. The minimum Gasteiger partial charge on any atom is -0.479 e. The average Bonchev–Trinajstić information content (AvgIpc) is 2.42. The van der Waals surface area contributed by atoms with E-state index in [1.54, 1.807) is 0 Å². The quantitative estimate of drug-likeness (QED) is 0.203. The van der Waals surface area contributed by atoms with E-state index in [1.807, 2.05) is 0 Å². The second kappa shape index (κ2) is 9.78. The fourth-order valence-corrected chi connectivity index (χ4v) is 1.09. The van der Waals surface area contributed by atoms with Crippen LogP contribution in [0.2, 0.25) is 0 Å². The van der Waals surface area contributed by atoms with Crippen molar-refractivity contribution in [1.29, 1.82) is 0 Å². The zero-order valence-electron chi connectivity index (χ0n) is 11.8. The van der Waals surface area contributed by atoms with E-state index in [2.05, 4.69) is 4.74 Å². The number of carboxylic acid groups (broad SMARTS) is 2. The number of carboxylic acids is 2. The number of carbonyl (C=O) groups excluding carboxylic acids is 2. The third kappa shape index (κ3) is 6.13. The number of rotatable bonds is 7. The molecule has 11 heteroatoms. The highest BCUT2D eigenvalue weighted by Gasteiger charge is 2.57. The summed E-state index contributed by atoms with van der Waals surface area (Å²) >= 11 is 0. The molecule has 2 atom stereocenters. The van der Waals surface area contributed by atoms with E-state index in [-0.39, 0.29) is 13.2 Å². The maximum absolute atomic E-state index is 11.1. The Hall–Kier alpha value is -2.08. The highest BCUT2D eigenvalue weighted by atomic mass is 16.6. The van der Waals surface area contributed by atoms with Crippen molar-refractivity contribution in [2.75, 3.05) is 13.2 Å². The minimum absolute atomic E-state index is 0.365. The lowest BCUT2D eigenvalue weighted by Gasteiger charge is -2.28. The summed E-state index contributed by atoms with van der Waals surface area (Å²) in [5.74, 6) is -6.54.